The fourth-order valence-corrected chi connectivity index (χ4v) is 4.01. The highest BCUT2D eigenvalue weighted by Gasteiger charge is 2.49. The number of nitrogens with two attached hydrogens (primary N) is 2. The van der Waals surface area contributed by atoms with Crippen molar-refractivity contribution in [2.75, 3.05) is 5.32 Å². The predicted octanol–water partition coefficient (Wildman–Crippen LogP) is 2.25. The number of anilines is 1. The van der Waals surface area contributed by atoms with Crippen LogP contribution in [0.3, 0.4) is 0 Å². The van der Waals surface area contributed by atoms with Crippen LogP contribution in [-0.2, 0) is 0 Å². The van der Waals surface area contributed by atoms with Crippen LogP contribution in [0, 0.1) is 12.3 Å². The zero-order valence-electron chi connectivity index (χ0n) is 16.7. The average Bonchev–Trinajstić information content (AvgIpc) is 3.27. The van der Waals surface area contributed by atoms with Gasteiger partial charge < -0.3 is 16.8 Å². The molecule has 0 radical (unpaired) electrons. The van der Waals surface area contributed by atoms with Crippen molar-refractivity contribution in [1.82, 2.24) is 19.4 Å². The number of amides is 1. The van der Waals surface area contributed by atoms with Gasteiger partial charge in [-0.2, -0.15) is 10.2 Å². The van der Waals surface area contributed by atoms with Crippen LogP contribution in [0.2, 0.25) is 0 Å². The SMILES string of the molecule is Cc1cnn(-c2cc3c(NC4CCC(C)(N)C4(C)C)c(C(N)=O)cnn3c2)c1. The van der Waals surface area contributed by atoms with Gasteiger partial charge in [-0.15, -0.1) is 0 Å². The first-order valence-corrected chi connectivity index (χ1v) is 9.48. The molecule has 3 heterocycles. The third-order valence-electron chi connectivity index (χ3n) is 6.48. The Morgan fingerprint density at radius 3 is 2.57 bits per heavy atom. The van der Waals surface area contributed by atoms with E-state index in [0.29, 0.717) is 11.3 Å². The largest absolute Gasteiger partial charge is 0.379 e. The van der Waals surface area contributed by atoms with Crippen molar-refractivity contribution >= 4 is 17.1 Å². The van der Waals surface area contributed by atoms with E-state index in [1.165, 1.54) is 6.20 Å². The maximum atomic E-state index is 12.1. The lowest BCUT2D eigenvalue weighted by molar-refractivity contribution is 0.100. The van der Waals surface area contributed by atoms with E-state index in [-0.39, 0.29) is 17.0 Å². The first-order valence-electron chi connectivity index (χ1n) is 9.48. The van der Waals surface area contributed by atoms with E-state index in [2.05, 4.69) is 36.3 Å². The molecule has 0 spiro atoms. The number of fused-ring (bicyclic) bond motifs is 1. The van der Waals surface area contributed by atoms with Crippen molar-refractivity contribution in [3.63, 3.8) is 0 Å². The number of primary amides is 1. The van der Waals surface area contributed by atoms with Gasteiger partial charge in [0.25, 0.3) is 5.91 Å². The smallest absolute Gasteiger partial charge is 0.252 e. The summed E-state index contributed by atoms with van der Waals surface area (Å²) in [4.78, 5) is 12.1. The lowest BCUT2D eigenvalue weighted by Crippen LogP contribution is -2.51. The summed E-state index contributed by atoms with van der Waals surface area (Å²) < 4.78 is 3.53. The first-order chi connectivity index (χ1) is 13.1. The number of aromatic nitrogens is 4. The zero-order chi connectivity index (χ0) is 20.3. The number of carbonyl (C=O) groups is 1. The summed E-state index contributed by atoms with van der Waals surface area (Å²) in [7, 11) is 0. The van der Waals surface area contributed by atoms with Crippen LogP contribution in [0.25, 0.3) is 11.2 Å². The summed E-state index contributed by atoms with van der Waals surface area (Å²) in [6, 6.07) is 2.06. The Hall–Kier alpha value is -2.87. The predicted molar refractivity (Wildman–Crippen MR) is 109 cm³/mol. The van der Waals surface area contributed by atoms with E-state index in [1.54, 1.807) is 15.4 Å². The van der Waals surface area contributed by atoms with Crippen LogP contribution in [0.15, 0.2) is 30.9 Å². The molecule has 0 aromatic carbocycles. The lowest BCUT2D eigenvalue weighted by atomic mass is 9.75. The van der Waals surface area contributed by atoms with Crippen LogP contribution in [0.4, 0.5) is 5.69 Å². The number of rotatable bonds is 4. The zero-order valence-corrected chi connectivity index (χ0v) is 16.7. The van der Waals surface area contributed by atoms with Crippen LogP contribution >= 0.6 is 0 Å². The van der Waals surface area contributed by atoms with Gasteiger partial charge in [-0.3, -0.25) is 4.79 Å². The normalized spacial score (nSPS) is 24.0. The molecule has 28 heavy (non-hydrogen) atoms. The Kier molecular flexibility index (Phi) is 4.01. The summed E-state index contributed by atoms with van der Waals surface area (Å²) in [5.74, 6) is -0.513. The summed E-state index contributed by atoms with van der Waals surface area (Å²) >= 11 is 0. The van der Waals surface area contributed by atoms with E-state index in [4.69, 9.17) is 11.5 Å². The summed E-state index contributed by atoms with van der Waals surface area (Å²) in [6.45, 7) is 8.40. The van der Waals surface area contributed by atoms with Gasteiger partial charge in [-0.25, -0.2) is 9.20 Å². The lowest BCUT2D eigenvalue weighted by Gasteiger charge is -2.39. The molecule has 1 aliphatic rings. The number of aryl methyl sites for hydroxylation is 1. The molecule has 2 atom stereocenters. The fourth-order valence-electron chi connectivity index (χ4n) is 4.01. The molecule has 3 aromatic rings. The maximum Gasteiger partial charge on any atom is 0.252 e. The number of carbonyl (C=O) groups excluding carboxylic acids is 1. The molecule has 3 aromatic heterocycles. The molecule has 1 fully saturated rings. The molecule has 4 rings (SSSR count). The van der Waals surface area contributed by atoms with Crippen molar-refractivity contribution < 1.29 is 4.79 Å². The molecule has 148 valence electrons. The second-order valence-electron chi connectivity index (χ2n) is 8.66. The van der Waals surface area contributed by atoms with E-state index in [1.807, 2.05) is 25.4 Å². The Morgan fingerprint density at radius 1 is 1.25 bits per heavy atom. The monoisotopic (exact) mass is 381 g/mol. The van der Waals surface area contributed by atoms with Crippen LogP contribution in [0.1, 0.15) is 49.5 Å². The van der Waals surface area contributed by atoms with Crippen LogP contribution in [-0.4, -0.2) is 36.9 Å². The number of hydrogen-bond acceptors (Lipinski definition) is 5. The highest BCUT2D eigenvalue weighted by Crippen LogP contribution is 2.46. The second-order valence-corrected chi connectivity index (χ2v) is 8.66. The summed E-state index contributed by atoms with van der Waals surface area (Å²) in [5, 5.41) is 12.3. The third kappa shape index (κ3) is 2.75. The molecule has 1 aliphatic carbocycles. The minimum Gasteiger partial charge on any atom is -0.379 e. The number of nitrogens with zero attached hydrogens (tertiary/aromatic N) is 4. The molecular weight excluding hydrogens is 354 g/mol. The molecule has 8 nitrogen and oxygen atoms in total. The highest BCUT2D eigenvalue weighted by molar-refractivity contribution is 6.02. The Morgan fingerprint density at radius 2 is 2.00 bits per heavy atom. The highest BCUT2D eigenvalue weighted by atomic mass is 16.1. The molecule has 1 amide bonds. The van der Waals surface area contributed by atoms with Crippen LogP contribution in [0.5, 0.6) is 0 Å². The first kappa shape index (κ1) is 18.5. The molecular formula is C20H27N7O. The molecule has 0 bridgehead atoms. The van der Waals surface area contributed by atoms with Gasteiger partial charge in [0.15, 0.2) is 0 Å². The summed E-state index contributed by atoms with van der Waals surface area (Å²) in [5.41, 5.74) is 15.5. The van der Waals surface area contributed by atoms with Crippen molar-refractivity contribution in [3.05, 3.63) is 42.0 Å². The topological polar surface area (TPSA) is 116 Å². The van der Waals surface area contributed by atoms with Gasteiger partial charge in [0, 0.05) is 23.2 Å². The van der Waals surface area contributed by atoms with Gasteiger partial charge in [0.05, 0.1) is 41.0 Å². The van der Waals surface area contributed by atoms with Crippen LogP contribution < -0.4 is 16.8 Å². The number of hydrogen-bond donors (Lipinski definition) is 3. The third-order valence-corrected chi connectivity index (χ3v) is 6.48. The molecule has 0 saturated heterocycles. The second kappa shape index (κ2) is 6.07. The van der Waals surface area contributed by atoms with Crippen molar-refractivity contribution in [2.45, 2.75) is 52.1 Å². The van der Waals surface area contributed by atoms with Gasteiger partial charge in [0.1, 0.15) is 0 Å². The molecule has 1 saturated carbocycles. The van der Waals surface area contributed by atoms with E-state index < -0.39 is 5.91 Å². The van der Waals surface area contributed by atoms with Crippen molar-refractivity contribution in [2.24, 2.45) is 16.9 Å². The Bertz CT molecular complexity index is 1060. The molecule has 2 unspecified atom stereocenters. The van der Waals surface area contributed by atoms with Gasteiger partial charge >= 0.3 is 0 Å². The fraction of sp³-hybridized carbons (Fsp3) is 0.450. The van der Waals surface area contributed by atoms with E-state index in [9.17, 15) is 4.79 Å². The standard InChI is InChI=1S/C20H27N7O/c1-12-8-23-26(10-12)13-7-15-17(14(18(21)28)9-24-27(15)11-13)25-16-5-6-20(4,22)19(16,2)3/h7-11,16,25H,5-6,22H2,1-4H3,(H2,21,28). The quantitative estimate of drug-likeness (QED) is 0.641. The molecule has 8 heteroatoms. The van der Waals surface area contributed by atoms with Gasteiger partial charge in [-0.1, -0.05) is 13.8 Å². The van der Waals surface area contributed by atoms with Crippen molar-refractivity contribution in [3.8, 4) is 5.69 Å². The van der Waals surface area contributed by atoms with Crippen molar-refractivity contribution in [1.29, 1.82) is 0 Å². The molecule has 5 N–H and O–H groups in total. The molecule has 0 aliphatic heterocycles. The minimum atomic E-state index is -0.513. The Labute approximate surface area is 163 Å². The van der Waals surface area contributed by atoms with E-state index >= 15 is 0 Å². The van der Waals surface area contributed by atoms with Gasteiger partial charge in [-0.05, 0) is 38.3 Å². The average molecular weight is 381 g/mol. The maximum absolute atomic E-state index is 12.1. The minimum absolute atomic E-state index is 0.108. The van der Waals surface area contributed by atoms with E-state index in [0.717, 1.165) is 29.6 Å². The Balaban J connectivity index is 1.82. The number of nitrogens with one attached hydrogen (secondary N) is 1. The summed E-state index contributed by atoms with van der Waals surface area (Å²) in [6.07, 6.45) is 8.95. The van der Waals surface area contributed by atoms with Gasteiger partial charge in [0.2, 0.25) is 0 Å².